The van der Waals surface area contributed by atoms with Crippen molar-refractivity contribution < 1.29 is 4.92 Å². The second-order valence-electron chi connectivity index (χ2n) is 5.14. The lowest BCUT2D eigenvalue weighted by Crippen LogP contribution is -2.11. The van der Waals surface area contributed by atoms with Crippen LogP contribution in [0.2, 0.25) is 0 Å². The van der Waals surface area contributed by atoms with Crippen LogP contribution in [0.4, 0.5) is 5.69 Å². The topological polar surface area (TPSA) is 46.4 Å². The van der Waals surface area contributed by atoms with Crippen molar-refractivity contribution in [3.05, 3.63) is 63.7 Å². The van der Waals surface area contributed by atoms with E-state index in [0.717, 1.165) is 22.6 Å². The first-order valence-electron chi connectivity index (χ1n) is 6.75. The molecule has 2 rings (SSSR count). The van der Waals surface area contributed by atoms with E-state index in [0.29, 0.717) is 4.90 Å². The number of rotatable bonds is 6. The van der Waals surface area contributed by atoms with Crippen molar-refractivity contribution in [3.63, 3.8) is 0 Å². The maximum absolute atomic E-state index is 11.3. The van der Waals surface area contributed by atoms with E-state index in [1.54, 1.807) is 12.1 Å². The zero-order chi connectivity index (χ0) is 16.1. The molecule has 0 bridgehead atoms. The normalized spacial score (nSPS) is 10.9. The molecule has 0 N–H and O–H groups in total. The molecule has 0 amide bonds. The Morgan fingerprint density at radius 1 is 1.18 bits per heavy atom. The quantitative estimate of drug-likeness (QED) is 0.441. The summed E-state index contributed by atoms with van der Waals surface area (Å²) in [5, 5.41) is 11.3. The van der Waals surface area contributed by atoms with E-state index >= 15 is 0 Å². The number of benzene rings is 2. The summed E-state index contributed by atoms with van der Waals surface area (Å²) in [6.07, 6.45) is 0. The second kappa shape index (κ2) is 7.63. The maximum Gasteiger partial charge on any atom is 0.283 e. The van der Waals surface area contributed by atoms with Crippen molar-refractivity contribution in [2.75, 3.05) is 14.1 Å². The van der Waals surface area contributed by atoms with Crippen molar-refractivity contribution in [3.8, 4) is 0 Å². The van der Waals surface area contributed by atoms with Gasteiger partial charge in [-0.05, 0) is 37.4 Å². The maximum atomic E-state index is 11.3. The first-order chi connectivity index (χ1) is 10.5. The van der Waals surface area contributed by atoms with Crippen molar-refractivity contribution in [1.29, 1.82) is 0 Å². The van der Waals surface area contributed by atoms with E-state index in [2.05, 4.69) is 4.90 Å². The van der Waals surface area contributed by atoms with Gasteiger partial charge in [-0.25, -0.2) is 0 Å². The fourth-order valence-corrected chi connectivity index (χ4v) is 3.26. The third-order valence-electron chi connectivity index (χ3n) is 3.05. The zero-order valence-corrected chi connectivity index (χ0v) is 14.0. The molecule has 0 aromatic heterocycles. The summed E-state index contributed by atoms with van der Waals surface area (Å²) >= 11 is 7.18. The largest absolute Gasteiger partial charge is 0.305 e. The van der Waals surface area contributed by atoms with Gasteiger partial charge in [0.25, 0.3) is 5.69 Å². The summed E-state index contributed by atoms with van der Waals surface area (Å²) in [4.78, 5) is 14.7. The summed E-state index contributed by atoms with van der Waals surface area (Å²) in [6.45, 7) is 0.788. The van der Waals surface area contributed by atoms with Gasteiger partial charge in [-0.15, -0.1) is 11.6 Å². The summed E-state index contributed by atoms with van der Waals surface area (Å²) < 4.78 is 0. The van der Waals surface area contributed by atoms with E-state index in [1.165, 1.54) is 11.8 Å². The van der Waals surface area contributed by atoms with Crippen LogP contribution >= 0.6 is 23.4 Å². The molecule has 116 valence electrons. The number of nitro benzene ring substituents is 1. The van der Waals surface area contributed by atoms with Gasteiger partial charge in [0.05, 0.1) is 9.82 Å². The van der Waals surface area contributed by atoms with E-state index in [4.69, 9.17) is 11.6 Å². The third-order valence-corrected chi connectivity index (χ3v) is 4.55. The Morgan fingerprint density at radius 3 is 2.55 bits per heavy atom. The number of halogens is 1. The molecule has 0 fully saturated rings. The minimum absolute atomic E-state index is 0.0998. The number of nitrogens with zero attached hydrogens (tertiary/aromatic N) is 2. The molecule has 0 saturated heterocycles. The highest BCUT2D eigenvalue weighted by molar-refractivity contribution is 7.99. The Hall–Kier alpha value is -1.56. The smallest absolute Gasteiger partial charge is 0.283 e. The van der Waals surface area contributed by atoms with Crippen LogP contribution in [0.1, 0.15) is 11.1 Å². The molecule has 0 spiro atoms. The van der Waals surface area contributed by atoms with E-state index < -0.39 is 0 Å². The van der Waals surface area contributed by atoms with Crippen LogP contribution in [0.5, 0.6) is 0 Å². The summed E-state index contributed by atoms with van der Waals surface area (Å²) in [6, 6.07) is 13.1. The number of hydrogen-bond acceptors (Lipinski definition) is 4. The van der Waals surface area contributed by atoms with Crippen LogP contribution in [0, 0.1) is 10.1 Å². The van der Waals surface area contributed by atoms with Gasteiger partial charge in [0.1, 0.15) is 0 Å². The monoisotopic (exact) mass is 336 g/mol. The molecule has 0 aliphatic rings. The molecule has 2 aromatic carbocycles. The Labute approximate surface area is 139 Å². The van der Waals surface area contributed by atoms with Gasteiger partial charge < -0.3 is 4.90 Å². The summed E-state index contributed by atoms with van der Waals surface area (Å²) in [7, 11) is 4.00. The molecular weight excluding hydrogens is 320 g/mol. The molecule has 0 heterocycles. The molecule has 6 heteroatoms. The van der Waals surface area contributed by atoms with Crippen LogP contribution in [-0.2, 0) is 12.4 Å². The van der Waals surface area contributed by atoms with Gasteiger partial charge in [0, 0.05) is 23.4 Å². The highest BCUT2D eigenvalue weighted by Crippen LogP contribution is 2.37. The van der Waals surface area contributed by atoms with E-state index in [1.807, 2.05) is 44.4 Å². The molecule has 0 atom stereocenters. The first kappa shape index (κ1) is 16.8. The van der Waals surface area contributed by atoms with Crippen LogP contribution in [-0.4, -0.2) is 23.9 Å². The van der Waals surface area contributed by atoms with Gasteiger partial charge in [-0.3, -0.25) is 10.1 Å². The fourth-order valence-electron chi connectivity index (χ4n) is 2.07. The van der Waals surface area contributed by atoms with Crippen LogP contribution < -0.4 is 0 Å². The van der Waals surface area contributed by atoms with Gasteiger partial charge in [-0.2, -0.15) is 0 Å². The lowest BCUT2D eigenvalue weighted by Gasteiger charge is -2.14. The molecule has 22 heavy (non-hydrogen) atoms. The Morgan fingerprint density at radius 2 is 1.91 bits per heavy atom. The minimum atomic E-state index is -0.354. The van der Waals surface area contributed by atoms with Crippen molar-refractivity contribution in [2.24, 2.45) is 0 Å². The first-order valence-corrected chi connectivity index (χ1v) is 8.10. The molecule has 0 saturated carbocycles. The second-order valence-corrected chi connectivity index (χ2v) is 6.49. The Kier molecular flexibility index (Phi) is 5.83. The lowest BCUT2D eigenvalue weighted by atomic mass is 10.2. The van der Waals surface area contributed by atoms with Crippen molar-refractivity contribution in [1.82, 2.24) is 4.90 Å². The summed E-state index contributed by atoms with van der Waals surface area (Å²) in [5.41, 5.74) is 2.00. The molecule has 4 nitrogen and oxygen atoms in total. The summed E-state index contributed by atoms with van der Waals surface area (Å²) in [5.74, 6) is 0.267. The molecule has 2 aromatic rings. The van der Waals surface area contributed by atoms with Gasteiger partial charge in [0.15, 0.2) is 0 Å². The zero-order valence-electron chi connectivity index (χ0n) is 12.5. The van der Waals surface area contributed by atoms with Gasteiger partial charge in [0.2, 0.25) is 0 Å². The fraction of sp³-hybridized carbons (Fsp3) is 0.250. The highest BCUT2D eigenvalue weighted by Gasteiger charge is 2.17. The Bertz CT molecular complexity index is 677. The SMILES string of the molecule is CN(C)Cc1ccccc1Sc1ccc(CCl)cc1[N+](=O)[O-]. The number of nitro groups is 1. The van der Waals surface area contributed by atoms with Crippen LogP contribution in [0.15, 0.2) is 52.3 Å². The number of hydrogen-bond donors (Lipinski definition) is 0. The molecular formula is C16H17ClN2O2S. The third kappa shape index (κ3) is 4.22. The van der Waals surface area contributed by atoms with E-state index in [-0.39, 0.29) is 16.5 Å². The average Bonchev–Trinajstić information content (AvgIpc) is 2.49. The molecule has 0 aliphatic carbocycles. The van der Waals surface area contributed by atoms with Crippen LogP contribution in [0.3, 0.4) is 0 Å². The minimum Gasteiger partial charge on any atom is -0.305 e. The standard InChI is InChI=1S/C16H17ClN2O2S/c1-18(2)11-13-5-3-4-6-15(13)22-16-8-7-12(10-17)9-14(16)19(20)21/h3-9H,10-11H2,1-2H3. The molecule has 0 unspecified atom stereocenters. The average molecular weight is 337 g/mol. The predicted octanol–water partition coefficient (Wildman–Crippen LogP) is 4.55. The van der Waals surface area contributed by atoms with Crippen molar-refractivity contribution in [2.45, 2.75) is 22.2 Å². The lowest BCUT2D eigenvalue weighted by molar-refractivity contribution is -0.387. The van der Waals surface area contributed by atoms with Gasteiger partial charge >= 0.3 is 0 Å². The van der Waals surface area contributed by atoms with Crippen LogP contribution in [0.25, 0.3) is 0 Å². The molecule has 0 radical (unpaired) electrons. The highest BCUT2D eigenvalue weighted by atomic mass is 35.5. The molecule has 0 aliphatic heterocycles. The Balaban J connectivity index is 2.37. The van der Waals surface area contributed by atoms with E-state index in [9.17, 15) is 10.1 Å². The van der Waals surface area contributed by atoms with Crippen molar-refractivity contribution >= 4 is 29.1 Å². The van der Waals surface area contributed by atoms with Gasteiger partial charge in [-0.1, -0.05) is 36.0 Å². The predicted molar refractivity (Wildman–Crippen MR) is 90.6 cm³/mol. The number of alkyl halides is 1.